The molecule has 2 atom stereocenters. The highest BCUT2D eigenvalue weighted by Crippen LogP contribution is 2.49. The molecule has 1 heterocycles. The highest BCUT2D eigenvalue weighted by atomic mass is 16.5. The number of ether oxygens (including phenoxy) is 3. The van der Waals surface area contributed by atoms with Crippen molar-refractivity contribution in [2.75, 3.05) is 46.8 Å². The molecule has 4 rings (SSSR count). The van der Waals surface area contributed by atoms with Crippen LogP contribution >= 0.6 is 0 Å². The van der Waals surface area contributed by atoms with E-state index in [-0.39, 0.29) is 17.4 Å². The fourth-order valence-electron chi connectivity index (χ4n) is 5.05. The third kappa shape index (κ3) is 3.95. The van der Waals surface area contributed by atoms with Crippen molar-refractivity contribution in [1.82, 2.24) is 4.90 Å². The van der Waals surface area contributed by atoms with E-state index < -0.39 is 0 Å². The summed E-state index contributed by atoms with van der Waals surface area (Å²) in [5.74, 6) is 1.92. The lowest BCUT2D eigenvalue weighted by atomic mass is 9.68. The van der Waals surface area contributed by atoms with Crippen LogP contribution in [0.4, 0.5) is 5.69 Å². The Bertz CT molecular complexity index is 1030. The van der Waals surface area contributed by atoms with E-state index in [2.05, 4.69) is 30.2 Å². The van der Waals surface area contributed by atoms with E-state index in [1.54, 1.807) is 20.3 Å². The summed E-state index contributed by atoms with van der Waals surface area (Å²) >= 11 is 0. The summed E-state index contributed by atoms with van der Waals surface area (Å²) < 4.78 is 16.9. The monoisotopic (exact) mass is 436 g/mol. The molecule has 0 aromatic heterocycles. The van der Waals surface area contributed by atoms with Gasteiger partial charge in [-0.15, -0.1) is 0 Å². The van der Waals surface area contributed by atoms with Crippen LogP contribution in [0.15, 0.2) is 54.3 Å². The number of carbonyl (C=O) groups excluding carboxylic acids is 1. The van der Waals surface area contributed by atoms with Crippen molar-refractivity contribution >= 4 is 11.7 Å². The lowest BCUT2D eigenvalue weighted by Crippen LogP contribution is -2.43. The number of likely N-dealkylation sites (tertiary alicyclic amines) is 1. The van der Waals surface area contributed by atoms with Gasteiger partial charge in [0, 0.05) is 37.7 Å². The van der Waals surface area contributed by atoms with E-state index in [1.165, 1.54) is 5.56 Å². The Kier molecular flexibility index (Phi) is 6.15. The molecule has 0 N–H and O–H groups in total. The summed E-state index contributed by atoms with van der Waals surface area (Å²) in [4.78, 5) is 17.2. The average Bonchev–Trinajstić information content (AvgIpc) is 3.15. The van der Waals surface area contributed by atoms with Gasteiger partial charge in [-0.3, -0.25) is 0 Å². The normalized spacial score (nSPS) is 22.7. The van der Waals surface area contributed by atoms with Gasteiger partial charge in [-0.05, 0) is 68.4 Å². The van der Waals surface area contributed by atoms with Gasteiger partial charge in [0.2, 0.25) is 0 Å². The third-order valence-electron chi connectivity index (χ3n) is 6.95. The first-order valence-corrected chi connectivity index (χ1v) is 11.0. The van der Waals surface area contributed by atoms with Gasteiger partial charge in [0.15, 0.2) is 11.5 Å². The lowest BCUT2D eigenvalue weighted by molar-refractivity contribution is 0.0579. The molecular formula is C26H32N2O4. The number of methoxy groups -OCH3 is 2. The molecule has 0 radical (unpaired) electrons. The summed E-state index contributed by atoms with van der Waals surface area (Å²) in [6.07, 6.45) is 4.66. The van der Waals surface area contributed by atoms with Gasteiger partial charge in [0.05, 0.1) is 19.8 Å². The molecule has 0 spiro atoms. The van der Waals surface area contributed by atoms with Crippen LogP contribution in [0.2, 0.25) is 0 Å². The number of nitrogens with zero attached hydrogens (tertiary/aromatic N) is 2. The molecule has 2 aromatic carbocycles. The fourth-order valence-corrected chi connectivity index (χ4v) is 5.05. The summed E-state index contributed by atoms with van der Waals surface area (Å²) in [5, 5.41) is 0. The zero-order valence-electron chi connectivity index (χ0n) is 19.6. The average molecular weight is 437 g/mol. The summed E-state index contributed by atoms with van der Waals surface area (Å²) in [7, 11) is 9.38. The predicted molar refractivity (Wildman–Crippen MR) is 126 cm³/mol. The molecule has 32 heavy (non-hydrogen) atoms. The minimum absolute atomic E-state index is 0.0327. The van der Waals surface area contributed by atoms with Gasteiger partial charge in [-0.1, -0.05) is 12.1 Å². The van der Waals surface area contributed by atoms with E-state index in [9.17, 15) is 4.79 Å². The fraction of sp³-hybridized carbons (Fsp3) is 0.423. The van der Waals surface area contributed by atoms with Crippen molar-refractivity contribution in [3.05, 3.63) is 65.4 Å². The van der Waals surface area contributed by atoms with E-state index in [1.807, 2.05) is 43.3 Å². The molecule has 0 amide bonds. The van der Waals surface area contributed by atoms with Crippen LogP contribution in [0.25, 0.3) is 0 Å². The number of rotatable bonds is 6. The molecular weight excluding hydrogens is 404 g/mol. The number of benzene rings is 2. The number of allylic oxidation sites excluding steroid dienone is 1. The van der Waals surface area contributed by atoms with Gasteiger partial charge in [0.1, 0.15) is 5.76 Å². The second-order valence-electron chi connectivity index (χ2n) is 8.89. The van der Waals surface area contributed by atoms with Gasteiger partial charge in [0.25, 0.3) is 0 Å². The molecule has 2 unspecified atom stereocenters. The molecule has 1 saturated heterocycles. The van der Waals surface area contributed by atoms with Gasteiger partial charge >= 0.3 is 5.97 Å². The summed E-state index contributed by atoms with van der Waals surface area (Å²) in [6, 6.07) is 14.0. The topological polar surface area (TPSA) is 51.2 Å². The first-order valence-electron chi connectivity index (χ1n) is 11.0. The molecule has 2 aliphatic rings. The highest BCUT2D eigenvalue weighted by Gasteiger charge is 2.49. The van der Waals surface area contributed by atoms with E-state index >= 15 is 0 Å². The molecule has 0 saturated carbocycles. The molecule has 6 heteroatoms. The lowest BCUT2D eigenvalue weighted by Gasteiger charge is -2.40. The zero-order valence-corrected chi connectivity index (χ0v) is 19.6. The Balaban J connectivity index is 1.58. The second kappa shape index (κ2) is 8.87. The van der Waals surface area contributed by atoms with Crippen molar-refractivity contribution in [2.24, 2.45) is 0 Å². The minimum atomic E-state index is -0.306. The largest absolute Gasteiger partial charge is 0.493 e. The van der Waals surface area contributed by atoms with Crippen LogP contribution in [0, 0.1) is 0 Å². The Hall–Kier alpha value is -2.99. The number of fused-ring (bicyclic) bond motifs is 1. The molecule has 1 fully saturated rings. The van der Waals surface area contributed by atoms with Gasteiger partial charge < -0.3 is 24.0 Å². The maximum atomic E-state index is 12.8. The summed E-state index contributed by atoms with van der Waals surface area (Å²) in [5.41, 5.74) is 2.74. The SMILES string of the molecule is COc1ccc(C23CC=C(OC(=O)c4cccc(N(C)C)c4)CC2N(C)CC3)cc1OC. The van der Waals surface area contributed by atoms with Crippen LogP contribution in [0.5, 0.6) is 11.5 Å². The quantitative estimate of drug-likeness (QED) is 0.631. The molecule has 1 aliphatic carbocycles. The summed E-state index contributed by atoms with van der Waals surface area (Å²) in [6.45, 7) is 0.999. The van der Waals surface area contributed by atoms with Crippen LogP contribution in [-0.4, -0.2) is 58.8 Å². The van der Waals surface area contributed by atoms with Crippen molar-refractivity contribution in [3.63, 3.8) is 0 Å². The molecule has 2 aromatic rings. The second-order valence-corrected chi connectivity index (χ2v) is 8.89. The standard InChI is InChI=1S/C26H32N2O4/c1-27(2)20-8-6-7-18(15-20)25(29)32-21-11-12-26(13-14-28(3)24(26)17-21)19-9-10-22(30-4)23(16-19)31-5/h6-11,15-16,24H,12-14,17H2,1-5H3. The van der Waals surface area contributed by atoms with Crippen molar-refractivity contribution in [2.45, 2.75) is 30.7 Å². The number of anilines is 1. The molecule has 170 valence electrons. The van der Waals surface area contributed by atoms with E-state index in [0.29, 0.717) is 12.0 Å². The number of esters is 1. The third-order valence-corrected chi connectivity index (χ3v) is 6.95. The van der Waals surface area contributed by atoms with Crippen LogP contribution in [0.1, 0.15) is 35.2 Å². The van der Waals surface area contributed by atoms with Crippen molar-refractivity contribution in [3.8, 4) is 11.5 Å². The maximum Gasteiger partial charge on any atom is 0.343 e. The van der Waals surface area contributed by atoms with E-state index in [0.717, 1.165) is 42.3 Å². The predicted octanol–water partition coefficient (Wildman–Crippen LogP) is 4.25. The van der Waals surface area contributed by atoms with Crippen LogP contribution in [-0.2, 0) is 10.2 Å². The number of hydrogen-bond acceptors (Lipinski definition) is 6. The number of likely N-dealkylation sites (N-methyl/N-ethyl adjacent to an activating group) is 1. The Morgan fingerprint density at radius 2 is 1.88 bits per heavy atom. The molecule has 6 nitrogen and oxygen atoms in total. The Morgan fingerprint density at radius 1 is 1.09 bits per heavy atom. The first kappa shape index (κ1) is 22.2. The van der Waals surface area contributed by atoms with Gasteiger partial charge in [-0.25, -0.2) is 4.79 Å². The molecule has 0 bridgehead atoms. The van der Waals surface area contributed by atoms with E-state index in [4.69, 9.17) is 14.2 Å². The first-order chi connectivity index (χ1) is 15.4. The number of hydrogen-bond donors (Lipinski definition) is 0. The number of carbonyl (C=O) groups is 1. The Labute approximate surface area is 190 Å². The Morgan fingerprint density at radius 3 is 2.59 bits per heavy atom. The smallest absolute Gasteiger partial charge is 0.343 e. The van der Waals surface area contributed by atoms with Crippen molar-refractivity contribution < 1.29 is 19.0 Å². The zero-order chi connectivity index (χ0) is 22.9. The van der Waals surface area contributed by atoms with Crippen LogP contribution < -0.4 is 14.4 Å². The van der Waals surface area contributed by atoms with Crippen molar-refractivity contribution in [1.29, 1.82) is 0 Å². The minimum Gasteiger partial charge on any atom is -0.493 e. The molecule has 1 aliphatic heterocycles. The highest BCUT2D eigenvalue weighted by molar-refractivity contribution is 5.91. The van der Waals surface area contributed by atoms with Crippen LogP contribution in [0.3, 0.4) is 0 Å². The maximum absolute atomic E-state index is 12.8. The van der Waals surface area contributed by atoms with Gasteiger partial charge in [-0.2, -0.15) is 0 Å².